The van der Waals surface area contributed by atoms with Crippen molar-refractivity contribution >= 4 is 0 Å². The predicted octanol–water partition coefficient (Wildman–Crippen LogP) is 11.4. The highest BCUT2D eigenvalue weighted by Crippen LogP contribution is 2.17. The van der Waals surface area contributed by atoms with E-state index in [-0.39, 0.29) is 0 Å². The van der Waals surface area contributed by atoms with Crippen molar-refractivity contribution in [2.45, 2.75) is 139 Å². The Morgan fingerprint density at radius 3 is 1.08 bits per heavy atom. The van der Waals surface area contributed by atoms with Crippen LogP contribution in [0.4, 0.5) is 0 Å². The van der Waals surface area contributed by atoms with Crippen molar-refractivity contribution in [3.05, 3.63) is 69.9 Å². The summed E-state index contributed by atoms with van der Waals surface area (Å²) in [7, 11) is 0. The van der Waals surface area contributed by atoms with Gasteiger partial charge in [-0.05, 0) is 138 Å². The van der Waals surface area contributed by atoms with E-state index >= 15 is 0 Å². The fourth-order valence-electron chi connectivity index (χ4n) is 4.26. The van der Waals surface area contributed by atoms with Crippen molar-refractivity contribution in [1.29, 1.82) is 0 Å². The SMILES string of the molecule is CC(C)=CCC/C(C)=C/CC/C(C)=C/CC/C(C)=C/CC/C(C)=C/CC/C(C)=C\CCC(C)CCO. The molecule has 0 aliphatic carbocycles. The third-order valence-corrected chi connectivity index (χ3v) is 6.99. The highest BCUT2D eigenvalue weighted by Gasteiger charge is 2.00. The molecule has 0 aromatic rings. The predicted molar refractivity (Wildman–Crippen MR) is 164 cm³/mol. The van der Waals surface area contributed by atoms with Gasteiger partial charge < -0.3 is 5.11 Å². The van der Waals surface area contributed by atoms with E-state index in [2.05, 4.69) is 91.8 Å². The summed E-state index contributed by atoms with van der Waals surface area (Å²) < 4.78 is 0. The van der Waals surface area contributed by atoms with Gasteiger partial charge in [0.2, 0.25) is 0 Å². The summed E-state index contributed by atoms with van der Waals surface area (Å²) in [6, 6.07) is 0. The molecule has 0 saturated heterocycles. The quantitative estimate of drug-likeness (QED) is 0.166. The molecule has 1 N–H and O–H groups in total. The Bertz CT molecular complexity index is 750. The summed E-state index contributed by atoms with van der Waals surface area (Å²) in [5.74, 6) is 0.622. The second kappa shape index (κ2) is 22.6. The molecule has 0 amide bonds. The molecule has 1 atom stereocenters. The summed E-state index contributed by atoms with van der Waals surface area (Å²) in [6.07, 6.45) is 29.4. The monoisotopic (exact) mass is 496 g/mol. The third kappa shape index (κ3) is 22.8. The zero-order valence-corrected chi connectivity index (χ0v) is 25.4. The first-order valence-corrected chi connectivity index (χ1v) is 14.7. The molecule has 0 fully saturated rings. The second-order valence-electron chi connectivity index (χ2n) is 11.4. The normalized spacial score (nSPS) is 14.9. The summed E-state index contributed by atoms with van der Waals surface area (Å²) in [4.78, 5) is 0. The van der Waals surface area contributed by atoms with E-state index in [4.69, 9.17) is 5.11 Å². The molecule has 0 heterocycles. The van der Waals surface area contributed by atoms with Crippen LogP contribution in [-0.2, 0) is 0 Å². The Balaban J connectivity index is 4.11. The maximum Gasteiger partial charge on any atom is 0.0433 e. The topological polar surface area (TPSA) is 20.2 Å². The number of aliphatic hydroxyl groups excluding tert-OH is 1. The standard InChI is InChI=1S/C35H60O/c1-29(2)15-9-16-30(3)17-10-18-31(4)19-11-20-32(5)21-12-22-33(6)23-13-24-34(7)25-14-26-35(8)27-28-36/h15,17,19,21,23,25,35-36H,9-14,16,18,20,22,24,26-28H2,1-8H3/b30-17+,31-19+,32-21+,33-23+,34-25-. The molecule has 36 heavy (non-hydrogen) atoms. The Kier molecular flexibility index (Phi) is 21.6. The molecule has 0 aliphatic heterocycles. The van der Waals surface area contributed by atoms with Crippen molar-refractivity contribution in [1.82, 2.24) is 0 Å². The van der Waals surface area contributed by atoms with Gasteiger partial charge >= 0.3 is 0 Å². The number of hydrogen-bond donors (Lipinski definition) is 1. The molecular weight excluding hydrogens is 436 g/mol. The van der Waals surface area contributed by atoms with Gasteiger partial charge in [0, 0.05) is 6.61 Å². The molecule has 1 heteroatoms. The average Bonchev–Trinajstić information content (AvgIpc) is 2.79. The highest BCUT2D eigenvalue weighted by atomic mass is 16.3. The van der Waals surface area contributed by atoms with E-state index in [0.717, 1.165) is 38.5 Å². The van der Waals surface area contributed by atoms with Crippen LogP contribution < -0.4 is 0 Å². The molecular formula is C35H60O. The zero-order chi connectivity index (χ0) is 27.2. The van der Waals surface area contributed by atoms with Gasteiger partial charge in [-0.3, -0.25) is 0 Å². The van der Waals surface area contributed by atoms with Crippen LogP contribution in [0.25, 0.3) is 0 Å². The number of aliphatic hydroxyl groups is 1. The smallest absolute Gasteiger partial charge is 0.0433 e. The minimum atomic E-state index is 0.314. The van der Waals surface area contributed by atoms with E-state index in [1.165, 1.54) is 78.4 Å². The Labute approximate surface area is 226 Å². The van der Waals surface area contributed by atoms with Crippen molar-refractivity contribution in [2.24, 2.45) is 5.92 Å². The van der Waals surface area contributed by atoms with E-state index in [1.54, 1.807) is 0 Å². The van der Waals surface area contributed by atoms with Gasteiger partial charge in [0.1, 0.15) is 0 Å². The summed E-state index contributed by atoms with van der Waals surface area (Å²) >= 11 is 0. The van der Waals surface area contributed by atoms with Gasteiger partial charge in [0.15, 0.2) is 0 Å². The first-order valence-electron chi connectivity index (χ1n) is 14.7. The molecule has 0 aromatic heterocycles. The largest absolute Gasteiger partial charge is 0.396 e. The van der Waals surface area contributed by atoms with Gasteiger partial charge in [-0.1, -0.05) is 76.8 Å². The van der Waals surface area contributed by atoms with Crippen LogP contribution in [0.1, 0.15) is 139 Å². The summed E-state index contributed by atoms with van der Waals surface area (Å²) in [6.45, 7) is 18.3. The zero-order valence-electron chi connectivity index (χ0n) is 25.4. The fraction of sp³-hybridized carbons (Fsp3) is 0.657. The lowest BCUT2D eigenvalue weighted by molar-refractivity contribution is 0.259. The van der Waals surface area contributed by atoms with E-state index < -0.39 is 0 Å². The maximum absolute atomic E-state index is 9.00. The first kappa shape index (κ1) is 34.4. The van der Waals surface area contributed by atoms with Gasteiger partial charge in [0.25, 0.3) is 0 Å². The Morgan fingerprint density at radius 2 is 0.778 bits per heavy atom. The average molecular weight is 497 g/mol. The van der Waals surface area contributed by atoms with Gasteiger partial charge in [-0.2, -0.15) is 0 Å². The van der Waals surface area contributed by atoms with Crippen LogP contribution >= 0.6 is 0 Å². The summed E-state index contributed by atoms with van der Waals surface area (Å²) in [5.41, 5.74) is 9.01. The van der Waals surface area contributed by atoms with E-state index in [1.807, 2.05) is 0 Å². The van der Waals surface area contributed by atoms with Crippen molar-refractivity contribution < 1.29 is 5.11 Å². The molecule has 0 saturated carbocycles. The minimum absolute atomic E-state index is 0.314. The van der Waals surface area contributed by atoms with Crippen LogP contribution in [0.2, 0.25) is 0 Å². The van der Waals surface area contributed by atoms with Crippen LogP contribution in [0.15, 0.2) is 69.9 Å². The number of hydrogen-bond acceptors (Lipinski definition) is 1. The van der Waals surface area contributed by atoms with Crippen molar-refractivity contribution in [2.75, 3.05) is 6.61 Å². The van der Waals surface area contributed by atoms with Crippen LogP contribution in [0.5, 0.6) is 0 Å². The fourth-order valence-corrected chi connectivity index (χ4v) is 4.26. The molecule has 1 nitrogen and oxygen atoms in total. The molecule has 0 aliphatic rings. The lowest BCUT2D eigenvalue weighted by atomic mass is 10.0. The van der Waals surface area contributed by atoms with Crippen LogP contribution in [0.3, 0.4) is 0 Å². The van der Waals surface area contributed by atoms with Crippen molar-refractivity contribution in [3.63, 3.8) is 0 Å². The third-order valence-electron chi connectivity index (χ3n) is 6.99. The summed E-state index contributed by atoms with van der Waals surface area (Å²) in [5, 5.41) is 9.00. The van der Waals surface area contributed by atoms with E-state index in [9.17, 15) is 0 Å². The molecule has 0 spiro atoms. The van der Waals surface area contributed by atoms with Crippen LogP contribution in [-0.4, -0.2) is 11.7 Å². The second-order valence-corrected chi connectivity index (χ2v) is 11.4. The Hall–Kier alpha value is -1.60. The Morgan fingerprint density at radius 1 is 0.472 bits per heavy atom. The van der Waals surface area contributed by atoms with Gasteiger partial charge in [-0.25, -0.2) is 0 Å². The van der Waals surface area contributed by atoms with E-state index in [0.29, 0.717) is 12.5 Å². The van der Waals surface area contributed by atoms with Crippen LogP contribution in [0, 0.1) is 5.92 Å². The lowest BCUT2D eigenvalue weighted by Crippen LogP contribution is -1.97. The molecule has 0 bridgehead atoms. The highest BCUT2D eigenvalue weighted by molar-refractivity contribution is 5.08. The molecule has 0 aromatic carbocycles. The van der Waals surface area contributed by atoms with Gasteiger partial charge in [-0.15, -0.1) is 0 Å². The maximum atomic E-state index is 9.00. The van der Waals surface area contributed by atoms with Crippen molar-refractivity contribution in [3.8, 4) is 0 Å². The number of allylic oxidation sites excluding steroid dienone is 12. The van der Waals surface area contributed by atoms with Gasteiger partial charge in [0.05, 0.1) is 0 Å². The molecule has 0 rings (SSSR count). The molecule has 206 valence electrons. The lowest BCUT2D eigenvalue weighted by Gasteiger charge is -2.07. The number of rotatable bonds is 20. The first-order chi connectivity index (χ1) is 17.1. The minimum Gasteiger partial charge on any atom is -0.396 e. The molecule has 0 radical (unpaired) electrons. The molecule has 1 unspecified atom stereocenters.